The van der Waals surface area contributed by atoms with Crippen molar-refractivity contribution in [1.29, 1.82) is 0 Å². The van der Waals surface area contributed by atoms with Gasteiger partial charge < -0.3 is 19.9 Å². The van der Waals surface area contributed by atoms with Crippen LogP contribution in [0.2, 0.25) is 5.02 Å². The molecule has 0 aliphatic carbocycles. The zero-order valence-corrected chi connectivity index (χ0v) is 16.0. The molecular formula is C20H24ClNO4. The predicted molar refractivity (Wildman–Crippen MR) is 102 cm³/mol. The summed E-state index contributed by atoms with van der Waals surface area (Å²) in [7, 11) is 1.61. The van der Waals surface area contributed by atoms with E-state index in [0.29, 0.717) is 30.4 Å². The summed E-state index contributed by atoms with van der Waals surface area (Å²) in [5.41, 5.74) is 8.65. The van der Waals surface area contributed by atoms with Crippen LogP contribution in [0.15, 0.2) is 36.4 Å². The van der Waals surface area contributed by atoms with Gasteiger partial charge in [0.25, 0.3) is 0 Å². The number of aryl methyl sites for hydroxylation is 1. The molecule has 0 bridgehead atoms. The highest BCUT2D eigenvalue weighted by Gasteiger charge is 2.16. The SMILES string of the molecule is CCOC(=O)C(N)Cc1ccc(OC)c(COc2ccc(Cl)cc2C)c1. The van der Waals surface area contributed by atoms with E-state index in [1.54, 1.807) is 20.1 Å². The van der Waals surface area contributed by atoms with Gasteiger partial charge in [0, 0.05) is 10.6 Å². The maximum absolute atomic E-state index is 11.7. The van der Waals surface area contributed by atoms with Crippen molar-refractivity contribution in [3.63, 3.8) is 0 Å². The summed E-state index contributed by atoms with van der Waals surface area (Å²) in [4.78, 5) is 11.7. The molecule has 1 atom stereocenters. The molecule has 0 spiro atoms. The van der Waals surface area contributed by atoms with Crippen molar-refractivity contribution in [2.75, 3.05) is 13.7 Å². The molecule has 0 amide bonds. The van der Waals surface area contributed by atoms with Gasteiger partial charge in [0.2, 0.25) is 0 Å². The van der Waals surface area contributed by atoms with Crippen molar-refractivity contribution in [2.24, 2.45) is 5.73 Å². The molecule has 0 radical (unpaired) electrons. The fraction of sp³-hybridized carbons (Fsp3) is 0.350. The summed E-state index contributed by atoms with van der Waals surface area (Å²) >= 11 is 5.97. The van der Waals surface area contributed by atoms with Gasteiger partial charge in [0.05, 0.1) is 13.7 Å². The predicted octanol–water partition coefficient (Wildman–Crippen LogP) is 3.67. The average Bonchev–Trinajstić information content (AvgIpc) is 2.61. The molecule has 2 aromatic carbocycles. The molecule has 2 N–H and O–H groups in total. The monoisotopic (exact) mass is 377 g/mol. The third kappa shape index (κ3) is 5.38. The quantitative estimate of drug-likeness (QED) is 0.711. The van der Waals surface area contributed by atoms with Gasteiger partial charge in [-0.25, -0.2) is 0 Å². The zero-order valence-electron chi connectivity index (χ0n) is 15.3. The number of carbonyl (C=O) groups is 1. The lowest BCUT2D eigenvalue weighted by molar-refractivity contribution is -0.144. The standard InChI is InChI=1S/C20H24ClNO4/c1-4-25-20(23)17(22)11-14-5-7-19(24-3)15(10-14)12-26-18-8-6-16(21)9-13(18)2/h5-10,17H,4,11-12,22H2,1-3H3. The Morgan fingerprint density at radius 1 is 1.19 bits per heavy atom. The van der Waals surface area contributed by atoms with E-state index in [1.807, 2.05) is 37.3 Å². The van der Waals surface area contributed by atoms with E-state index in [2.05, 4.69) is 0 Å². The highest BCUT2D eigenvalue weighted by atomic mass is 35.5. The van der Waals surface area contributed by atoms with Gasteiger partial charge in [-0.05, 0) is 61.7 Å². The van der Waals surface area contributed by atoms with Crippen molar-refractivity contribution < 1.29 is 19.0 Å². The summed E-state index contributed by atoms with van der Waals surface area (Å²) in [5, 5.41) is 0.669. The van der Waals surface area contributed by atoms with E-state index >= 15 is 0 Å². The van der Waals surface area contributed by atoms with Gasteiger partial charge in [-0.3, -0.25) is 4.79 Å². The minimum atomic E-state index is -0.698. The maximum atomic E-state index is 11.7. The average molecular weight is 378 g/mol. The normalized spacial score (nSPS) is 11.7. The molecule has 0 saturated carbocycles. The fourth-order valence-electron chi connectivity index (χ4n) is 2.59. The van der Waals surface area contributed by atoms with Crippen LogP contribution in [0.5, 0.6) is 11.5 Å². The molecular weight excluding hydrogens is 354 g/mol. The second kappa shape index (κ2) is 9.46. The number of esters is 1. The molecule has 140 valence electrons. The molecule has 5 nitrogen and oxygen atoms in total. The number of nitrogens with two attached hydrogens (primary N) is 1. The first-order chi connectivity index (χ1) is 12.4. The lowest BCUT2D eigenvalue weighted by Gasteiger charge is -2.15. The van der Waals surface area contributed by atoms with Crippen LogP contribution in [-0.4, -0.2) is 25.7 Å². The number of carbonyl (C=O) groups excluding carboxylic acids is 1. The Balaban J connectivity index is 2.12. The van der Waals surface area contributed by atoms with E-state index in [9.17, 15) is 4.79 Å². The molecule has 2 rings (SSSR count). The van der Waals surface area contributed by atoms with Crippen LogP contribution in [-0.2, 0) is 22.6 Å². The second-order valence-corrected chi connectivity index (χ2v) is 6.34. The minimum absolute atomic E-state index is 0.314. The van der Waals surface area contributed by atoms with Gasteiger partial charge in [-0.2, -0.15) is 0 Å². The Kier molecular flexibility index (Phi) is 7.30. The zero-order chi connectivity index (χ0) is 19.1. The minimum Gasteiger partial charge on any atom is -0.496 e. The van der Waals surface area contributed by atoms with Gasteiger partial charge in [-0.15, -0.1) is 0 Å². The molecule has 2 aromatic rings. The number of ether oxygens (including phenoxy) is 3. The van der Waals surface area contributed by atoms with Crippen LogP contribution in [0.1, 0.15) is 23.6 Å². The Morgan fingerprint density at radius 3 is 2.58 bits per heavy atom. The first kappa shape index (κ1) is 20.1. The van der Waals surface area contributed by atoms with E-state index in [0.717, 1.165) is 22.4 Å². The molecule has 0 saturated heterocycles. The molecule has 0 aliphatic rings. The van der Waals surface area contributed by atoms with Gasteiger partial charge in [0.1, 0.15) is 24.1 Å². The van der Waals surface area contributed by atoms with E-state index in [1.165, 1.54) is 0 Å². The molecule has 0 fully saturated rings. The number of rotatable bonds is 8. The summed E-state index contributed by atoms with van der Waals surface area (Å²) in [6.45, 7) is 4.34. The summed E-state index contributed by atoms with van der Waals surface area (Å²) in [6, 6.07) is 10.4. The lowest BCUT2D eigenvalue weighted by atomic mass is 10.0. The van der Waals surface area contributed by atoms with E-state index in [4.69, 9.17) is 31.5 Å². The molecule has 0 aliphatic heterocycles. The Bertz CT molecular complexity index is 763. The van der Waals surface area contributed by atoms with Gasteiger partial charge in [-0.1, -0.05) is 17.7 Å². The van der Waals surface area contributed by atoms with Crippen molar-refractivity contribution in [2.45, 2.75) is 32.9 Å². The number of hydrogen-bond acceptors (Lipinski definition) is 5. The van der Waals surface area contributed by atoms with E-state index in [-0.39, 0.29) is 0 Å². The van der Waals surface area contributed by atoms with Gasteiger partial charge in [0.15, 0.2) is 0 Å². The molecule has 26 heavy (non-hydrogen) atoms. The van der Waals surface area contributed by atoms with Crippen LogP contribution < -0.4 is 15.2 Å². The van der Waals surface area contributed by atoms with Crippen molar-refractivity contribution in [3.05, 3.63) is 58.1 Å². The molecule has 6 heteroatoms. The third-order valence-electron chi connectivity index (χ3n) is 3.91. The second-order valence-electron chi connectivity index (χ2n) is 5.91. The van der Waals surface area contributed by atoms with Crippen LogP contribution in [0.25, 0.3) is 0 Å². The number of hydrogen-bond donors (Lipinski definition) is 1. The Hall–Kier alpha value is -2.24. The number of halogens is 1. The summed E-state index contributed by atoms with van der Waals surface area (Å²) < 4.78 is 16.3. The lowest BCUT2D eigenvalue weighted by Crippen LogP contribution is -2.34. The largest absolute Gasteiger partial charge is 0.496 e. The van der Waals surface area contributed by atoms with Gasteiger partial charge >= 0.3 is 5.97 Å². The van der Waals surface area contributed by atoms with Crippen molar-refractivity contribution in [3.8, 4) is 11.5 Å². The Labute approximate surface area is 159 Å². The highest BCUT2D eigenvalue weighted by molar-refractivity contribution is 6.30. The third-order valence-corrected chi connectivity index (χ3v) is 4.15. The molecule has 0 heterocycles. The number of benzene rings is 2. The topological polar surface area (TPSA) is 70.8 Å². The van der Waals surface area contributed by atoms with E-state index < -0.39 is 12.0 Å². The fourth-order valence-corrected chi connectivity index (χ4v) is 2.82. The smallest absolute Gasteiger partial charge is 0.323 e. The van der Waals surface area contributed by atoms with Crippen LogP contribution in [0.4, 0.5) is 0 Å². The summed E-state index contributed by atoms with van der Waals surface area (Å²) in [6.07, 6.45) is 0.385. The highest BCUT2D eigenvalue weighted by Crippen LogP contribution is 2.26. The van der Waals surface area contributed by atoms with Crippen LogP contribution >= 0.6 is 11.6 Å². The van der Waals surface area contributed by atoms with Crippen molar-refractivity contribution in [1.82, 2.24) is 0 Å². The molecule has 1 unspecified atom stereocenters. The first-order valence-corrected chi connectivity index (χ1v) is 8.79. The first-order valence-electron chi connectivity index (χ1n) is 8.41. The number of methoxy groups -OCH3 is 1. The van der Waals surface area contributed by atoms with Crippen LogP contribution in [0, 0.1) is 6.92 Å². The molecule has 0 aromatic heterocycles. The summed E-state index contributed by atoms with van der Waals surface area (Å²) in [5.74, 6) is 1.06. The van der Waals surface area contributed by atoms with Crippen molar-refractivity contribution >= 4 is 17.6 Å². The maximum Gasteiger partial charge on any atom is 0.323 e. The Morgan fingerprint density at radius 2 is 1.92 bits per heavy atom. The van der Waals surface area contributed by atoms with Crippen LogP contribution in [0.3, 0.4) is 0 Å².